The molecule has 0 aromatic rings. The molecule has 0 bridgehead atoms. The van der Waals surface area contributed by atoms with Crippen molar-refractivity contribution in [1.29, 1.82) is 0 Å². The van der Waals surface area contributed by atoms with Crippen molar-refractivity contribution in [1.82, 2.24) is 5.32 Å². The Morgan fingerprint density at radius 2 is 1.54 bits per heavy atom. The molecule has 2 nitrogen and oxygen atoms in total. The van der Waals surface area contributed by atoms with E-state index in [9.17, 15) is 0 Å². The predicted octanol–water partition coefficient (Wildman–Crippen LogP) is 2.43. The van der Waals surface area contributed by atoms with Gasteiger partial charge in [-0.2, -0.15) is 0 Å². The number of hydrogen-bond acceptors (Lipinski definition) is 2. The lowest BCUT2D eigenvalue weighted by molar-refractivity contribution is 0.0498. The minimum absolute atomic E-state index is 0.329. The summed E-state index contributed by atoms with van der Waals surface area (Å²) in [6.45, 7) is 13.8. The van der Waals surface area contributed by atoms with Crippen molar-refractivity contribution in [3.63, 3.8) is 0 Å². The zero-order valence-corrected chi connectivity index (χ0v) is 9.92. The summed E-state index contributed by atoms with van der Waals surface area (Å²) in [5.41, 5.74) is 0. The van der Waals surface area contributed by atoms with Crippen LogP contribution in [0.3, 0.4) is 0 Å². The van der Waals surface area contributed by atoms with Gasteiger partial charge in [-0.05, 0) is 19.8 Å². The first-order valence-corrected chi connectivity index (χ1v) is 5.31. The van der Waals surface area contributed by atoms with Crippen molar-refractivity contribution in [2.45, 2.75) is 59.7 Å². The zero-order chi connectivity index (χ0) is 10.4. The molecule has 0 saturated heterocycles. The van der Waals surface area contributed by atoms with Gasteiger partial charge in [-0.25, -0.2) is 0 Å². The maximum Gasteiger partial charge on any atom is 0.0625 e. The molecule has 0 aliphatic carbocycles. The van der Waals surface area contributed by atoms with E-state index in [2.05, 4.69) is 46.9 Å². The maximum absolute atomic E-state index is 5.60. The van der Waals surface area contributed by atoms with Crippen LogP contribution in [0.15, 0.2) is 0 Å². The molecular weight excluding hydrogens is 162 g/mol. The highest BCUT2D eigenvalue weighted by molar-refractivity contribution is 4.72. The van der Waals surface area contributed by atoms with Crippen LogP contribution in [-0.4, -0.2) is 24.8 Å². The molecule has 0 spiro atoms. The minimum atomic E-state index is 0.329. The molecule has 0 unspecified atom stereocenters. The van der Waals surface area contributed by atoms with Crippen molar-refractivity contribution >= 4 is 0 Å². The Balaban J connectivity index is 3.81. The third-order valence-electron chi connectivity index (χ3n) is 1.96. The van der Waals surface area contributed by atoms with Crippen molar-refractivity contribution in [2.75, 3.05) is 6.61 Å². The highest BCUT2D eigenvalue weighted by Gasteiger charge is 2.14. The molecular formula is C11H25NO. The fourth-order valence-electron chi connectivity index (χ4n) is 1.16. The van der Waals surface area contributed by atoms with Crippen LogP contribution in [0.5, 0.6) is 0 Å². The molecule has 0 fully saturated rings. The lowest BCUT2D eigenvalue weighted by atomic mass is 10.0. The van der Waals surface area contributed by atoms with Gasteiger partial charge in [0.25, 0.3) is 0 Å². The van der Waals surface area contributed by atoms with Gasteiger partial charge >= 0.3 is 0 Å². The molecule has 0 aliphatic heterocycles. The molecule has 0 aliphatic rings. The molecule has 2 heteroatoms. The van der Waals surface area contributed by atoms with E-state index in [0.717, 1.165) is 6.61 Å². The van der Waals surface area contributed by atoms with Gasteiger partial charge in [0, 0.05) is 12.1 Å². The minimum Gasteiger partial charge on any atom is -0.377 e. The fraction of sp³-hybridized carbons (Fsp3) is 1.00. The SMILES string of the molecule is CC(C)N[C@H](COC(C)C)C(C)C. The third kappa shape index (κ3) is 7.03. The van der Waals surface area contributed by atoms with Crippen LogP contribution in [0.4, 0.5) is 0 Å². The van der Waals surface area contributed by atoms with E-state index in [1.165, 1.54) is 0 Å². The largest absolute Gasteiger partial charge is 0.377 e. The van der Waals surface area contributed by atoms with Crippen molar-refractivity contribution < 1.29 is 4.74 Å². The van der Waals surface area contributed by atoms with Crippen LogP contribution in [0, 0.1) is 5.92 Å². The number of ether oxygens (including phenoxy) is 1. The summed E-state index contributed by atoms with van der Waals surface area (Å²) in [6.07, 6.45) is 0.329. The molecule has 1 N–H and O–H groups in total. The number of nitrogens with one attached hydrogen (secondary N) is 1. The highest BCUT2D eigenvalue weighted by atomic mass is 16.5. The summed E-state index contributed by atoms with van der Waals surface area (Å²) < 4.78 is 5.60. The predicted molar refractivity (Wildman–Crippen MR) is 58.0 cm³/mol. The summed E-state index contributed by atoms with van der Waals surface area (Å²) in [4.78, 5) is 0. The standard InChI is InChI=1S/C11H25NO/c1-8(2)11(12-9(3)4)7-13-10(5)6/h8-12H,7H2,1-6H3/t11-/m1/s1. The highest BCUT2D eigenvalue weighted by Crippen LogP contribution is 2.04. The Hall–Kier alpha value is -0.0800. The van der Waals surface area contributed by atoms with E-state index in [1.54, 1.807) is 0 Å². The zero-order valence-electron chi connectivity index (χ0n) is 9.92. The second-order valence-electron chi connectivity index (χ2n) is 4.55. The van der Waals surface area contributed by atoms with Crippen LogP contribution in [0.2, 0.25) is 0 Å². The molecule has 0 rings (SSSR count). The van der Waals surface area contributed by atoms with Crippen LogP contribution >= 0.6 is 0 Å². The first-order valence-electron chi connectivity index (χ1n) is 5.31. The lowest BCUT2D eigenvalue weighted by Crippen LogP contribution is -2.42. The molecule has 0 heterocycles. The Morgan fingerprint density at radius 3 is 1.85 bits per heavy atom. The maximum atomic E-state index is 5.60. The van der Waals surface area contributed by atoms with Gasteiger partial charge in [0.05, 0.1) is 12.7 Å². The second-order valence-corrected chi connectivity index (χ2v) is 4.55. The molecule has 0 aromatic carbocycles. The van der Waals surface area contributed by atoms with E-state index in [1.807, 2.05) is 0 Å². The van der Waals surface area contributed by atoms with E-state index in [-0.39, 0.29) is 0 Å². The van der Waals surface area contributed by atoms with Gasteiger partial charge in [-0.3, -0.25) is 0 Å². The van der Waals surface area contributed by atoms with Gasteiger partial charge < -0.3 is 10.1 Å². The molecule has 0 saturated carbocycles. The van der Waals surface area contributed by atoms with Gasteiger partial charge in [-0.15, -0.1) is 0 Å². The monoisotopic (exact) mass is 187 g/mol. The van der Waals surface area contributed by atoms with Gasteiger partial charge in [0.15, 0.2) is 0 Å². The van der Waals surface area contributed by atoms with Crippen LogP contribution in [0.1, 0.15) is 41.5 Å². The molecule has 80 valence electrons. The van der Waals surface area contributed by atoms with Gasteiger partial charge in [0.2, 0.25) is 0 Å². The van der Waals surface area contributed by atoms with Crippen molar-refractivity contribution in [3.8, 4) is 0 Å². The molecule has 13 heavy (non-hydrogen) atoms. The Kier molecular flexibility index (Phi) is 6.35. The first kappa shape index (κ1) is 12.9. The number of rotatable bonds is 6. The van der Waals surface area contributed by atoms with Crippen LogP contribution in [-0.2, 0) is 4.74 Å². The van der Waals surface area contributed by atoms with E-state index < -0.39 is 0 Å². The molecule has 0 aromatic heterocycles. The van der Waals surface area contributed by atoms with E-state index in [4.69, 9.17) is 4.74 Å². The van der Waals surface area contributed by atoms with Crippen LogP contribution in [0.25, 0.3) is 0 Å². The average Bonchev–Trinajstić information content (AvgIpc) is 1.96. The normalized spacial score (nSPS) is 14.5. The summed E-state index contributed by atoms with van der Waals surface area (Å²) in [7, 11) is 0. The molecule has 1 atom stereocenters. The number of hydrogen-bond donors (Lipinski definition) is 1. The molecule has 0 radical (unpaired) electrons. The van der Waals surface area contributed by atoms with E-state index >= 15 is 0 Å². The van der Waals surface area contributed by atoms with Crippen LogP contribution < -0.4 is 5.32 Å². The summed E-state index contributed by atoms with van der Waals surface area (Å²) in [5.74, 6) is 0.626. The Labute approximate surface area is 83.1 Å². The summed E-state index contributed by atoms with van der Waals surface area (Å²) >= 11 is 0. The summed E-state index contributed by atoms with van der Waals surface area (Å²) in [6, 6.07) is 1.01. The second kappa shape index (κ2) is 6.39. The van der Waals surface area contributed by atoms with E-state index in [0.29, 0.717) is 24.1 Å². The van der Waals surface area contributed by atoms with Gasteiger partial charge in [-0.1, -0.05) is 27.7 Å². The fourth-order valence-corrected chi connectivity index (χ4v) is 1.16. The Morgan fingerprint density at radius 1 is 1.00 bits per heavy atom. The average molecular weight is 187 g/mol. The smallest absolute Gasteiger partial charge is 0.0625 e. The topological polar surface area (TPSA) is 21.3 Å². The quantitative estimate of drug-likeness (QED) is 0.689. The van der Waals surface area contributed by atoms with Gasteiger partial charge in [0.1, 0.15) is 0 Å². The lowest BCUT2D eigenvalue weighted by Gasteiger charge is -2.25. The third-order valence-corrected chi connectivity index (χ3v) is 1.96. The Bertz CT molecular complexity index is 121. The summed E-state index contributed by atoms with van der Waals surface area (Å²) in [5, 5.41) is 3.51. The van der Waals surface area contributed by atoms with Crippen molar-refractivity contribution in [2.24, 2.45) is 5.92 Å². The van der Waals surface area contributed by atoms with Crippen molar-refractivity contribution in [3.05, 3.63) is 0 Å². The first-order chi connectivity index (χ1) is 5.93. The molecule has 0 amide bonds.